The minimum atomic E-state index is -0.107. The molecule has 0 aliphatic carbocycles. The van der Waals surface area contributed by atoms with Crippen molar-refractivity contribution in [1.82, 2.24) is 10.2 Å². The predicted octanol–water partition coefficient (Wildman–Crippen LogP) is 2.32. The average Bonchev–Trinajstić information content (AvgIpc) is 2.82. The van der Waals surface area contributed by atoms with Crippen molar-refractivity contribution in [3.05, 3.63) is 35.1 Å². The third kappa shape index (κ3) is 3.79. The van der Waals surface area contributed by atoms with Crippen LogP contribution in [0.2, 0.25) is 0 Å². The van der Waals surface area contributed by atoms with Crippen molar-refractivity contribution in [2.75, 3.05) is 26.2 Å². The third-order valence-corrected chi connectivity index (χ3v) is 3.32. The van der Waals surface area contributed by atoms with E-state index in [0.29, 0.717) is 6.54 Å². The summed E-state index contributed by atoms with van der Waals surface area (Å²) in [6, 6.07) is 5.27. The number of likely N-dealkylation sites (tertiary alicyclic amines) is 1. The number of nitrogens with zero attached hydrogens (tertiary/aromatic N) is 1. The summed E-state index contributed by atoms with van der Waals surface area (Å²) >= 11 is 0. The monoisotopic (exact) mass is 236 g/mol. The third-order valence-electron chi connectivity index (χ3n) is 3.32. The first-order valence-electron chi connectivity index (χ1n) is 6.44. The molecule has 1 fully saturated rings. The molecular weight excluding hydrogens is 215 g/mol. The lowest BCUT2D eigenvalue weighted by Gasteiger charge is -2.14. The van der Waals surface area contributed by atoms with E-state index in [-0.39, 0.29) is 5.82 Å². The van der Waals surface area contributed by atoms with Crippen molar-refractivity contribution in [2.45, 2.75) is 26.3 Å². The lowest BCUT2D eigenvalue weighted by molar-refractivity contribution is 0.335. The molecule has 1 heterocycles. The van der Waals surface area contributed by atoms with E-state index in [9.17, 15) is 4.39 Å². The second-order valence-electron chi connectivity index (χ2n) is 4.82. The van der Waals surface area contributed by atoms with E-state index in [1.54, 1.807) is 6.07 Å². The number of halogens is 1. The lowest BCUT2D eigenvalue weighted by atomic mass is 10.1. The van der Waals surface area contributed by atoms with Gasteiger partial charge in [0.15, 0.2) is 0 Å². The van der Waals surface area contributed by atoms with Crippen LogP contribution in [0.1, 0.15) is 24.0 Å². The molecule has 0 spiro atoms. The smallest absolute Gasteiger partial charge is 0.127 e. The van der Waals surface area contributed by atoms with Gasteiger partial charge in [0, 0.05) is 25.2 Å². The highest BCUT2D eigenvalue weighted by molar-refractivity contribution is 5.23. The first-order valence-corrected chi connectivity index (χ1v) is 6.44. The Balaban J connectivity index is 1.72. The van der Waals surface area contributed by atoms with E-state index in [2.05, 4.69) is 10.2 Å². The van der Waals surface area contributed by atoms with Crippen LogP contribution in [0.25, 0.3) is 0 Å². The second kappa shape index (κ2) is 6.12. The standard InChI is InChI=1S/C14H21FN2/c1-12-4-5-14(15)13(10-12)11-16-6-9-17-7-2-3-8-17/h4-5,10,16H,2-3,6-9,11H2,1H3. The Morgan fingerprint density at radius 3 is 2.82 bits per heavy atom. The van der Waals surface area contributed by atoms with Crippen molar-refractivity contribution in [3.8, 4) is 0 Å². The minimum Gasteiger partial charge on any atom is -0.311 e. The van der Waals surface area contributed by atoms with Crippen LogP contribution in [0.15, 0.2) is 18.2 Å². The van der Waals surface area contributed by atoms with Gasteiger partial charge in [-0.15, -0.1) is 0 Å². The minimum absolute atomic E-state index is 0.107. The Bertz CT molecular complexity index is 359. The zero-order valence-corrected chi connectivity index (χ0v) is 10.5. The largest absolute Gasteiger partial charge is 0.311 e. The molecule has 1 aliphatic rings. The molecule has 94 valence electrons. The molecule has 17 heavy (non-hydrogen) atoms. The molecule has 0 bridgehead atoms. The number of nitrogens with one attached hydrogen (secondary N) is 1. The van der Waals surface area contributed by atoms with Gasteiger partial charge in [0.25, 0.3) is 0 Å². The first kappa shape index (κ1) is 12.5. The van der Waals surface area contributed by atoms with Gasteiger partial charge in [-0.2, -0.15) is 0 Å². The van der Waals surface area contributed by atoms with Crippen molar-refractivity contribution in [2.24, 2.45) is 0 Å². The molecule has 1 aromatic rings. The summed E-state index contributed by atoms with van der Waals surface area (Å²) in [5.41, 5.74) is 1.88. The maximum atomic E-state index is 13.4. The zero-order valence-electron chi connectivity index (χ0n) is 10.5. The van der Waals surface area contributed by atoms with Crippen molar-refractivity contribution < 1.29 is 4.39 Å². The molecule has 0 unspecified atom stereocenters. The fourth-order valence-corrected chi connectivity index (χ4v) is 2.31. The molecule has 2 rings (SSSR count). The van der Waals surface area contributed by atoms with Crippen LogP contribution >= 0.6 is 0 Å². The highest BCUT2D eigenvalue weighted by Crippen LogP contribution is 2.09. The van der Waals surface area contributed by atoms with Gasteiger partial charge in [0.05, 0.1) is 0 Å². The van der Waals surface area contributed by atoms with Crippen LogP contribution in [-0.2, 0) is 6.54 Å². The molecule has 0 atom stereocenters. The SMILES string of the molecule is Cc1ccc(F)c(CNCCN2CCCC2)c1. The van der Waals surface area contributed by atoms with Crippen LogP contribution < -0.4 is 5.32 Å². The summed E-state index contributed by atoms with van der Waals surface area (Å²) < 4.78 is 13.4. The van der Waals surface area contributed by atoms with E-state index >= 15 is 0 Å². The van der Waals surface area contributed by atoms with Crippen LogP contribution in [0.3, 0.4) is 0 Å². The summed E-state index contributed by atoms with van der Waals surface area (Å²) in [5, 5.41) is 3.31. The number of rotatable bonds is 5. The molecule has 1 N–H and O–H groups in total. The summed E-state index contributed by atoms with van der Waals surface area (Å²) in [5.74, 6) is -0.107. The summed E-state index contributed by atoms with van der Waals surface area (Å²) in [7, 11) is 0. The van der Waals surface area contributed by atoms with Gasteiger partial charge < -0.3 is 10.2 Å². The molecule has 0 amide bonds. The molecule has 1 aromatic carbocycles. The molecule has 2 nitrogen and oxygen atoms in total. The molecule has 0 radical (unpaired) electrons. The van der Waals surface area contributed by atoms with Crippen LogP contribution in [-0.4, -0.2) is 31.1 Å². The Hall–Kier alpha value is -0.930. The number of benzene rings is 1. The zero-order chi connectivity index (χ0) is 12.1. The van der Waals surface area contributed by atoms with Gasteiger partial charge in [0.2, 0.25) is 0 Å². The molecule has 1 saturated heterocycles. The van der Waals surface area contributed by atoms with Gasteiger partial charge in [-0.1, -0.05) is 17.7 Å². The lowest BCUT2D eigenvalue weighted by Crippen LogP contribution is -2.29. The van der Waals surface area contributed by atoms with Crippen molar-refractivity contribution in [1.29, 1.82) is 0 Å². The summed E-state index contributed by atoms with van der Waals surface area (Å²) in [6.07, 6.45) is 2.65. The van der Waals surface area contributed by atoms with Gasteiger partial charge >= 0.3 is 0 Å². The van der Waals surface area contributed by atoms with E-state index < -0.39 is 0 Å². The maximum absolute atomic E-state index is 13.4. The maximum Gasteiger partial charge on any atom is 0.127 e. The highest BCUT2D eigenvalue weighted by Gasteiger charge is 2.10. The Labute approximate surface area is 103 Å². The topological polar surface area (TPSA) is 15.3 Å². The van der Waals surface area contributed by atoms with Crippen LogP contribution in [0.4, 0.5) is 4.39 Å². The van der Waals surface area contributed by atoms with E-state index in [4.69, 9.17) is 0 Å². The summed E-state index contributed by atoms with van der Waals surface area (Å²) in [6.45, 7) is 7.08. The van der Waals surface area contributed by atoms with Gasteiger partial charge in [-0.25, -0.2) is 4.39 Å². The number of hydrogen-bond donors (Lipinski definition) is 1. The molecule has 0 aromatic heterocycles. The van der Waals surface area contributed by atoms with Gasteiger partial charge in [-0.05, 0) is 38.9 Å². The van der Waals surface area contributed by atoms with E-state index in [1.807, 2.05) is 19.1 Å². The fraction of sp³-hybridized carbons (Fsp3) is 0.571. The van der Waals surface area contributed by atoms with Crippen molar-refractivity contribution >= 4 is 0 Å². The van der Waals surface area contributed by atoms with Crippen LogP contribution in [0, 0.1) is 12.7 Å². The molecule has 0 saturated carbocycles. The Morgan fingerprint density at radius 2 is 2.06 bits per heavy atom. The summed E-state index contributed by atoms with van der Waals surface area (Å²) in [4.78, 5) is 2.46. The predicted molar refractivity (Wildman–Crippen MR) is 68.5 cm³/mol. The highest BCUT2D eigenvalue weighted by atomic mass is 19.1. The van der Waals surface area contributed by atoms with E-state index in [1.165, 1.54) is 25.9 Å². The second-order valence-corrected chi connectivity index (χ2v) is 4.82. The normalized spacial score (nSPS) is 16.6. The number of hydrogen-bond acceptors (Lipinski definition) is 2. The van der Waals surface area contributed by atoms with Crippen LogP contribution in [0.5, 0.6) is 0 Å². The van der Waals surface area contributed by atoms with Gasteiger partial charge in [-0.3, -0.25) is 0 Å². The average molecular weight is 236 g/mol. The molecular formula is C14H21FN2. The quantitative estimate of drug-likeness (QED) is 0.789. The molecule has 3 heteroatoms. The number of aryl methyl sites for hydroxylation is 1. The molecule has 1 aliphatic heterocycles. The Kier molecular flexibility index (Phi) is 4.51. The van der Waals surface area contributed by atoms with Crippen molar-refractivity contribution in [3.63, 3.8) is 0 Å². The first-order chi connectivity index (χ1) is 8.25. The van der Waals surface area contributed by atoms with E-state index in [0.717, 1.165) is 24.2 Å². The Morgan fingerprint density at radius 1 is 1.29 bits per heavy atom. The van der Waals surface area contributed by atoms with Gasteiger partial charge in [0.1, 0.15) is 5.82 Å². The fourth-order valence-electron chi connectivity index (χ4n) is 2.31.